The zero-order chi connectivity index (χ0) is 8.32. The molecule has 0 fully saturated rings. The van der Waals surface area contributed by atoms with Gasteiger partial charge in [-0.3, -0.25) is 0 Å². The topological polar surface area (TPSA) is 0 Å². The van der Waals surface area contributed by atoms with E-state index in [0.717, 1.165) is 5.56 Å². The summed E-state index contributed by atoms with van der Waals surface area (Å²) < 4.78 is 14.5. The van der Waals surface area contributed by atoms with Crippen molar-refractivity contribution in [3.63, 3.8) is 0 Å². The molecule has 48 valence electrons. The van der Waals surface area contributed by atoms with Gasteiger partial charge in [0.05, 0.1) is 0 Å². The van der Waals surface area contributed by atoms with Crippen LogP contribution < -0.4 is 0 Å². The summed E-state index contributed by atoms with van der Waals surface area (Å²) >= 11 is 2.95. The van der Waals surface area contributed by atoms with Crippen LogP contribution in [0.25, 0.3) is 0 Å². The van der Waals surface area contributed by atoms with Crippen molar-refractivity contribution in [2.24, 2.45) is 0 Å². The molecule has 1 rings (SSSR count). The molecule has 0 aromatic heterocycles. The summed E-state index contributed by atoms with van der Waals surface area (Å²) in [5.41, 5.74) is 1.01. The van der Waals surface area contributed by atoms with Gasteiger partial charge in [0.15, 0.2) is 0 Å². The molecule has 0 atom stereocenters. The first-order chi connectivity index (χ1) is 5.08. The van der Waals surface area contributed by atoms with Crippen LogP contribution in [-0.4, -0.2) is 5.28 Å². The smallest absolute Gasteiger partial charge is 0.0390 e. The lowest BCUT2D eigenvalue weighted by molar-refractivity contribution is 1.17. The molecule has 0 aliphatic rings. The van der Waals surface area contributed by atoms with Gasteiger partial charge in [-0.05, 0) is 12.0 Å². The lowest BCUT2D eigenvalue weighted by atomic mass is 10.2. The van der Waals surface area contributed by atoms with E-state index in [0.29, 0.717) is 6.42 Å². The van der Waals surface area contributed by atoms with Gasteiger partial charge in [-0.1, -0.05) is 46.3 Å². The number of hydrogen-bond donors (Lipinski definition) is 0. The minimum atomic E-state index is -1.28. The Kier molecular flexibility index (Phi) is 1.84. The van der Waals surface area contributed by atoms with E-state index in [4.69, 9.17) is 2.74 Å². The molecule has 0 unspecified atom stereocenters. The Hall–Kier alpha value is -0.300. The summed E-state index contributed by atoms with van der Waals surface area (Å²) in [4.78, 5) is 0. The molecule has 1 heteroatoms. The molecular weight excluding hydrogens is 176 g/mol. The van der Waals surface area contributed by atoms with Crippen molar-refractivity contribution >= 4 is 15.9 Å². The minimum Gasteiger partial charge on any atom is -0.0924 e. The van der Waals surface area contributed by atoms with Crippen molar-refractivity contribution < 1.29 is 2.74 Å². The third kappa shape index (κ3) is 2.19. The number of halogens is 1. The van der Waals surface area contributed by atoms with E-state index in [-0.39, 0.29) is 0 Å². The van der Waals surface area contributed by atoms with E-state index in [2.05, 4.69) is 15.9 Å². The number of hydrogen-bond acceptors (Lipinski definition) is 0. The Bertz CT molecular complexity index is 215. The van der Waals surface area contributed by atoms with E-state index in [9.17, 15) is 0 Å². The molecule has 1 aromatic rings. The fourth-order valence-corrected chi connectivity index (χ4v) is 0.997. The highest BCUT2D eigenvalue weighted by molar-refractivity contribution is 9.09. The quantitative estimate of drug-likeness (QED) is 0.624. The van der Waals surface area contributed by atoms with Crippen LogP contribution in [0.1, 0.15) is 8.30 Å². The van der Waals surface area contributed by atoms with Crippen LogP contribution in [-0.2, 0) is 6.42 Å². The van der Waals surface area contributed by atoms with Crippen LogP contribution in [0.4, 0.5) is 0 Å². The first kappa shape index (κ1) is 4.51. The van der Waals surface area contributed by atoms with Crippen molar-refractivity contribution in [1.29, 1.82) is 0 Å². The number of alkyl halides is 1. The van der Waals surface area contributed by atoms with Crippen LogP contribution in [0.5, 0.6) is 0 Å². The third-order valence-electron chi connectivity index (χ3n) is 1.11. The summed E-state index contributed by atoms with van der Waals surface area (Å²) in [5.74, 6) is 0. The average Bonchev–Trinajstić information content (AvgIpc) is 1.85. The summed E-state index contributed by atoms with van der Waals surface area (Å²) in [6.07, 6.45) is 0.411. The summed E-state index contributed by atoms with van der Waals surface area (Å²) in [7, 11) is 0. The van der Waals surface area contributed by atoms with Crippen LogP contribution in [0.3, 0.4) is 0 Å². The molecule has 0 aliphatic carbocycles. The van der Waals surface area contributed by atoms with Gasteiger partial charge in [0.2, 0.25) is 0 Å². The zero-order valence-electron chi connectivity index (χ0n) is 6.97. The Labute approximate surface area is 66.8 Å². The molecule has 0 saturated carbocycles. The van der Waals surface area contributed by atoms with E-state index < -0.39 is 5.28 Å². The molecule has 0 amide bonds. The molecule has 0 saturated heterocycles. The molecular formula is C8H9Br. The van der Waals surface area contributed by atoms with Gasteiger partial charge in [-0.15, -0.1) is 0 Å². The summed E-state index contributed by atoms with van der Waals surface area (Å²) in [5, 5.41) is -1.28. The molecule has 0 N–H and O–H groups in total. The second kappa shape index (κ2) is 3.67. The highest BCUT2D eigenvalue weighted by Gasteiger charge is 1.85. The zero-order valence-corrected chi connectivity index (χ0v) is 6.56. The normalized spacial score (nSPS) is 14.3. The molecule has 0 bridgehead atoms. The monoisotopic (exact) mass is 186 g/mol. The molecule has 9 heavy (non-hydrogen) atoms. The molecule has 0 spiro atoms. The number of rotatable bonds is 2. The van der Waals surface area contributed by atoms with Gasteiger partial charge in [0.25, 0.3) is 0 Å². The molecule has 1 aromatic carbocycles. The minimum absolute atomic E-state index is 0.411. The maximum atomic E-state index is 7.25. The van der Waals surface area contributed by atoms with Crippen LogP contribution >= 0.6 is 15.9 Å². The largest absolute Gasteiger partial charge is 0.0924 e. The number of benzene rings is 1. The highest BCUT2D eigenvalue weighted by Crippen LogP contribution is 2.00. The molecule has 0 radical (unpaired) electrons. The SMILES string of the molecule is [2H]C([2H])(Br)Cc1ccccc1. The van der Waals surface area contributed by atoms with Gasteiger partial charge in [-0.25, -0.2) is 0 Å². The maximum Gasteiger partial charge on any atom is 0.0390 e. The van der Waals surface area contributed by atoms with Gasteiger partial charge in [0, 0.05) is 8.02 Å². The lowest BCUT2D eigenvalue weighted by Gasteiger charge is -1.92. The Balaban J connectivity index is 2.66. The first-order valence-electron chi connectivity index (χ1n) is 3.81. The van der Waals surface area contributed by atoms with Crippen molar-refractivity contribution in [2.45, 2.75) is 6.42 Å². The van der Waals surface area contributed by atoms with Gasteiger partial charge in [-0.2, -0.15) is 0 Å². The van der Waals surface area contributed by atoms with Gasteiger partial charge < -0.3 is 0 Å². The van der Waals surface area contributed by atoms with E-state index in [1.165, 1.54) is 0 Å². The Morgan fingerprint density at radius 3 is 2.56 bits per heavy atom. The van der Waals surface area contributed by atoms with Crippen LogP contribution in [0, 0.1) is 0 Å². The molecule has 0 heterocycles. The van der Waals surface area contributed by atoms with E-state index in [1.54, 1.807) is 0 Å². The van der Waals surface area contributed by atoms with Crippen molar-refractivity contribution in [1.82, 2.24) is 0 Å². The van der Waals surface area contributed by atoms with Crippen molar-refractivity contribution in [3.8, 4) is 0 Å². The average molecular weight is 187 g/mol. The van der Waals surface area contributed by atoms with Gasteiger partial charge >= 0.3 is 0 Å². The summed E-state index contributed by atoms with van der Waals surface area (Å²) in [6.45, 7) is 0. The highest BCUT2D eigenvalue weighted by atomic mass is 79.9. The number of aryl methyl sites for hydroxylation is 1. The first-order valence-corrected chi connectivity index (χ1v) is 3.60. The van der Waals surface area contributed by atoms with E-state index in [1.807, 2.05) is 30.3 Å². The predicted octanol–water partition coefficient (Wildman–Crippen LogP) is 2.62. The van der Waals surface area contributed by atoms with Crippen LogP contribution in [0.2, 0.25) is 0 Å². The second-order valence-electron chi connectivity index (χ2n) is 1.80. The van der Waals surface area contributed by atoms with Crippen LogP contribution in [0.15, 0.2) is 30.3 Å². The van der Waals surface area contributed by atoms with Crippen molar-refractivity contribution in [2.75, 3.05) is 5.28 Å². The molecule has 0 aliphatic heterocycles. The third-order valence-corrected chi connectivity index (χ3v) is 1.39. The lowest BCUT2D eigenvalue weighted by Crippen LogP contribution is -1.82. The fourth-order valence-electron chi connectivity index (χ4n) is 0.673. The van der Waals surface area contributed by atoms with Gasteiger partial charge in [0.1, 0.15) is 0 Å². The Morgan fingerprint density at radius 2 is 2.00 bits per heavy atom. The fraction of sp³-hybridized carbons (Fsp3) is 0.250. The maximum absolute atomic E-state index is 7.25. The predicted molar refractivity (Wildman–Crippen MR) is 43.9 cm³/mol. The molecule has 0 nitrogen and oxygen atoms in total. The second-order valence-corrected chi connectivity index (χ2v) is 2.36. The standard InChI is InChI=1S/C8H9Br/c9-7-6-8-4-2-1-3-5-8/h1-5H,6-7H2/i7D2. The summed E-state index contributed by atoms with van der Waals surface area (Å²) in [6, 6.07) is 9.58. The van der Waals surface area contributed by atoms with E-state index >= 15 is 0 Å². The van der Waals surface area contributed by atoms with Crippen molar-refractivity contribution in [3.05, 3.63) is 35.9 Å². The Morgan fingerprint density at radius 1 is 1.33 bits per heavy atom.